The van der Waals surface area contributed by atoms with Gasteiger partial charge in [-0.05, 0) is 48.0 Å². The van der Waals surface area contributed by atoms with Crippen molar-refractivity contribution in [1.82, 2.24) is 9.88 Å². The minimum absolute atomic E-state index is 0.0670. The number of anilines is 1. The van der Waals surface area contributed by atoms with E-state index >= 15 is 0 Å². The lowest BCUT2D eigenvalue weighted by molar-refractivity contribution is 0.291. The first kappa shape index (κ1) is 27.9. The van der Waals surface area contributed by atoms with E-state index in [0.717, 1.165) is 30.8 Å². The highest BCUT2D eigenvalue weighted by atomic mass is 32.2. The van der Waals surface area contributed by atoms with Gasteiger partial charge in [0.1, 0.15) is 0 Å². The Kier molecular flexibility index (Phi) is 7.92. The van der Waals surface area contributed by atoms with E-state index < -0.39 is 20.8 Å². The van der Waals surface area contributed by atoms with Crippen molar-refractivity contribution in [3.63, 3.8) is 0 Å². The Morgan fingerprint density at radius 3 is 2.26 bits per heavy atom. The Hall–Kier alpha value is -4.25. The van der Waals surface area contributed by atoms with E-state index in [0.29, 0.717) is 45.1 Å². The smallest absolute Gasteiger partial charge is 0.261 e. The highest BCUT2D eigenvalue weighted by Crippen LogP contribution is 2.33. The second kappa shape index (κ2) is 11.9. The summed E-state index contributed by atoms with van der Waals surface area (Å²) in [6.45, 7) is 2.43. The molecule has 1 aliphatic rings. The predicted octanol–water partition coefficient (Wildman–Crippen LogP) is 5.41. The Bertz CT molecular complexity index is 1860. The Morgan fingerprint density at radius 1 is 0.905 bits per heavy atom. The summed E-state index contributed by atoms with van der Waals surface area (Å²) >= 11 is 0. The first-order chi connectivity index (χ1) is 20.4. The van der Waals surface area contributed by atoms with E-state index in [1.165, 1.54) is 6.07 Å². The van der Waals surface area contributed by atoms with Crippen LogP contribution in [0.5, 0.6) is 5.88 Å². The molecular formula is C32H30N4O4S2. The molecule has 4 aromatic carbocycles. The molecule has 0 unspecified atom stereocenters. The van der Waals surface area contributed by atoms with Crippen LogP contribution in [0.15, 0.2) is 113 Å². The first-order valence-electron chi connectivity index (χ1n) is 13.6. The maximum Gasteiger partial charge on any atom is 0.261 e. The molecule has 0 atom stereocenters. The van der Waals surface area contributed by atoms with Gasteiger partial charge in [0, 0.05) is 64.1 Å². The number of aromatic nitrogens is 1. The molecule has 0 spiro atoms. The second-order valence-corrected chi connectivity index (χ2v) is 13.5. The van der Waals surface area contributed by atoms with Crippen LogP contribution in [0.3, 0.4) is 0 Å². The fourth-order valence-corrected chi connectivity index (χ4v) is 7.25. The average molecular weight is 599 g/mol. The number of aliphatic imine (C=N–C) groups is 1. The normalized spacial score (nSPS) is 15.2. The van der Waals surface area contributed by atoms with E-state index in [9.17, 15) is 17.7 Å². The maximum absolute atomic E-state index is 13.3. The van der Waals surface area contributed by atoms with Crippen LogP contribution in [-0.4, -0.2) is 57.9 Å². The van der Waals surface area contributed by atoms with E-state index in [2.05, 4.69) is 14.6 Å². The average Bonchev–Trinajstić information content (AvgIpc) is 3.33. The van der Waals surface area contributed by atoms with Crippen molar-refractivity contribution in [3.8, 4) is 5.88 Å². The van der Waals surface area contributed by atoms with Crippen LogP contribution in [0.1, 0.15) is 16.7 Å². The van der Waals surface area contributed by atoms with Crippen LogP contribution in [-0.2, 0) is 27.4 Å². The zero-order chi connectivity index (χ0) is 29.1. The van der Waals surface area contributed by atoms with Crippen molar-refractivity contribution in [2.24, 2.45) is 4.99 Å². The standard InChI is InChI=1S/C32H30N4O4S2/c37-32-30(28-21-27(15-16-29(28)34-32)42(39,40)35-26-9-5-2-6-10-26)31(24-7-3-1-4-8-24)33-25-13-11-23(12-14-25)22-36-17-19-41(38)20-18-36/h1-16,21,34-35,37H,17-20,22H2. The summed E-state index contributed by atoms with van der Waals surface area (Å²) in [5.74, 6) is 1.32. The molecule has 0 amide bonds. The van der Waals surface area contributed by atoms with Crippen molar-refractivity contribution in [1.29, 1.82) is 0 Å². The van der Waals surface area contributed by atoms with E-state index in [1.807, 2.05) is 60.7 Å². The van der Waals surface area contributed by atoms with Gasteiger partial charge in [0.15, 0.2) is 5.88 Å². The number of aromatic hydroxyl groups is 1. The molecule has 42 heavy (non-hydrogen) atoms. The van der Waals surface area contributed by atoms with E-state index in [4.69, 9.17) is 4.99 Å². The van der Waals surface area contributed by atoms with Gasteiger partial charge in [-0.15, -0.1) is 0 Å². The number of nitrogens with zero attached hydrogens (tertiary/aromatic N) is 2. The summed E-state index contributed by atoms with van der Waals surface area (Å²) in [7, 11) is -4.60. The number of rotatable bonds is 8. The zero-order valence-electron chi connectivity index (χ0n) is 22.7. The number of H-pyrrole nitrogens is 1. The summed E-state index contributed by atoms with van der Waals surface area (Å²) in [5.41, 5.74) is 4.58. The van der Waals surface area contributed by atoms with Crippen LogP contribution in [0.25, 0.3) is 10.9 Å². The fraction of sp³-hybridized carbons (Fsp3) is 0.156. The van der Waals surface area contributed by atoms with Crippen LogP contribution < -0.4 is 4.72 Å². The zero-order valence-corrected chi connectivity index (χ0v) is 24.4. The molecule has 3 N–H and O–H groups in total. The van der Waals surface area contributed by atoms with Gasteiger partial charge in [-0.1, -0.05) is 60.7 Å². The summed E-state index contributed by atoms with van der Waals surface area (Å²) in [4.78, 5) is 10.3. The number of para-hydroxylation sites is 1. The van der Waals surface area contributed by atoms with Gasteiger partial charge in [0.2, 0.25) is 0 Å². The molecule has 2 heterocycles. The van der Waals surface area contributed by atoms with Gasteiger partial charge in [-0.2, -0.15) is 0 Å². The van der Waals surface area contributed by atoms with Crippen LogP contribution in [0.2, 0.25) is 0 Å². The van der Waals surface area contributed by atoms with E-state index in [-0.39, 0.29) is 10.8 Å². The third kappa shape index (κ3) is 6.15. The lowest BCUT2D eigenvalue weighted by Gasteiger charge is -2.26. The van der Waals surface area contributed by atoms with Crippen LogP contribution in [0.4, 0.5) is 11.4 Å². The summed E-state index contributed by atoms with van der Waals surface area (Å²) < 4.78 is 40.8. The Balaban J connectivity index is 1.38. The molecule has 0 radical (unpaired) electrons. The number of hydrogen-bond acceptors (Lipinski definition) is 6. The van der Waals surface area contributed by atoms with Gasteiger partial charge in [-0.3, -0.25) is 13.8 Å². The number of benzene rings is 4. The molecule has 1 fully saturated rings. The third-order valence-electron chi connectivity index (χ3n) is 7.22. The third-order valence-corrected chi connectivity index (χ3v) is 9.88. The molecular weight excluding hydrogens is 569 g/mol. The molecule has 6 rings (SSSR count). The van der Waals surface area contributed by atoms with Crippen molar-refractivity contribution >= 4 is 48.8 Å². The molecule has 1 saturated heterocycles. The number of sulfonamides is 1. The van der Waals surface area contributed by atoms with Crippen LogP contribution >= 0.6 is 0 Å². The van der Waals surface area contributed by atoms with Gasteiger partial charge >= 0.3 is 0 Å². The topological polar surface area (TPSA) is 115 Å². The minimum atomic E-state index is -3.89. The largest absolute Gasteiger partial charge is 0.494 e. The Labute approximate surface area is 247 Å². The number of aromatic amines is 1. The molecule has 1 aromatic heterocycles. The van der Waals surface area contributed by atoms with Gasteiger partial charge in [-0.25, -0.2) is 13.4 Å². The van der Waals surface area contributed by atoms with Gasteiger partial charge < -0.3 is 10.1 Å². The Morgan fingerprint density at radius 2 is 1.57 bits per heavy atom. The number of fused-ring (bicyclic) bond motifs is 1. The maximum atomic E-state index is 13.3. The molecule has 10 heteroatoms. The van der Waals surface area contributed by atoms with Crippen molar-refractivity contribution in [2.45, 2.75) is 11.4 Å². The molecule has 0 saturated carbocycles. The van der Waals surface area contributed by atoms with Crippen molar-refractivity contribution < 1.29 is 17.7 Å². The van der Waals surface area contributed by atoms with Gasteiger partial charge in [0.05, 0.1) is 21.9 Å². The molecule has 1 aliphatic heterocycles. The number of nitrogens with one attached hydrogen (secondary N) is 2. The highest BCUT2D eigenvalue weighted by molar-refractivity contribution is 7.92. The fourth-order valence-electron chi connectivity index (χ4n) is 5.04. The second-order valence-electron chi connectivity index (χ2n) is 10.1. The quantitative estimate of drug-likeness (QED) is 0.207. The lowest BCUT2D eigenvalue weighted by Crippen LogP contribution is -2.37. The molecule has 0 bridgehead atoms. The predicted molar refractivity (Wildman–Crippen MR) is 169 cm³/mol. The summed E-state index contributed by atoms with van der Waals surface area (Å²) in [6.07, 6.45) is 0. The SMILES string of the molecule is O=S1CCN(Cc2ccc(N=C(c3ccccc3)c3c(O)[nH]c4ccc(S(=O)(=O)Nc5ccccc5)cc34)cc2)CC1. The highest BCUT2D eigenvalue weighted by Gasteiger charge is 2.22. The number of hydrogen-bond donors (Lipinski definition) is 3. The molecule has 214 valence electrons. The summed E-state index contributed by atoms with van der Waals surface area (Å²) in [6, 6.07) is 30.8. The molecule has 5 aromatic rings. The van der Waals surface area contributed by atoms with E-state index in [1.54, 1.807) is 36.4 Å². The minimum Gasteiger partial charge on any atom is -0.494 e. The monoisotopic (exact) mass is 598 g/mol. The van der Waals surface area contributed by atoms with Crippen molar-refractivity contribution in [3.05, 3.63) is 120 Å². The molecule has 8 nitrogen and oxygen atoms in total. The summed E-state index contributed by atoms with van der Waals surface area (Å²) in [5, 5.41) is 11.6. The molecule has 0 aliphatic carbocycles. The van der Waals surface area contributed by atoms with Crippen LogP contribution in [0, 0.1) is 0 Å². The van der Waals surface area contributed by atoms with Gasteiger partial charge in [0.25, 0.3) is 10.0 Å². The van der Waals surface area contributed by atoms with Crippen molar-refractivity contribution in [2.75, 3.05) is 29.3 Å². The lowest BCUT2D eigenvalue weighted by atomic mass is 10.0. The first-order valence-corrected chi connectivity index (χ1v) is 16.6.